The quantitative estimate of drug-likeness (QED) is 0.100. The number of likely N-dealkylation sites (tertiary alicyclic amines) is 1. The number of halogens is 3. The number of piperidine rings is 1. The number of hydrazone groups is 1. The fraction of sp³-hybridized carbons (Fsp3) is 0.429. The van der Waals surface area contributed by atoms with Gasteiger partial charge >= 0.3 is 6.36 Å². The van der Waals surface area contributed by atoms with Crippen LogP contribution in [-0.2, 0) is 0 Å². The Kier molecular flexibility index (Phi) is 12.1. The molecule has 0 amide bonds. The number of nitrogens with zero attached hydrogens (tertiary/aromatic N) is 5. The fourth-order valence-corrected chi connectivity index (χ4v) is 6.73. The molecule has 3 aliphatic rings. The fourth-order valence-electron chi connectivity index (χ4n) is 6.02. The Morgan fingerprint density at radius 2 is 1.88 bits per heavy atom. The molecule has 2 aromatic rings. The molecular weight excluding hydrogens is 638 g/mol. The first kappa shape index (κ1) is 35.4. The van der Waals surface area contributed by atoms with Crippen LogP contribution in [-0.4, -0.2) is 73.8 Å². The third kappa shape index (κ3) is 10.5. The number of nitrogens with two attached hydrogens (primary N) is 1. The van der Waals surface area contributed by atoms with Crippen LogP contribution in [0.1, 0.15) is 30.4 Å². The number of allylic oxidation sites excluding steroid dienone is 3. The third-order valence-corrected chi connectivity index (χ3v) is 9.41. The van der Waals surface area contributed by atoms with Gasteiger partial charge in [0.15, 0.2) is 5.17 Å². The summed E-state index contributed by atoms with van der Waals surface area (Å²) in [5.74, 6) is 2.17. The molecule has 256 valence electrons. The lowest BCUT2D eigenvalue weighted by atomic mass is 9.98. The second-order valence-electron chi connectivity index (χ2n) is 12.4. The molecule has 13 heteroatoms. The van der Waals surface area contributed by atoms with Crippen molar-refractivity contribution in [3.05, 3.63) is 76.9 Å². The summed E-state index contributed by atoms with van der Waals surface area (Å²) in [6, 6.07) is 11.4. The molecule has 0 bridgehead atoms. The van der Waals surface area contributed by atoms with Gasteiger partial charge in [-0.2, -0.15) is 5.10 Å². The van der Waals surface area contributed by atoms with E-state index < -0.39 is 6.36 Å². The first-order valence-corrected chi connectivity index (χ1v) is 17.1. The number of para-hydroxylation sites is 1. The van der Waals surface area contributed by atoms with Gasteiger partial charge in [0.1, 0.15) is 17.9 Å². The lowest BCUT2D eigenvalue weighted by Crippen LogP contribution is -2.37. The summed E-state index contributed by atoms with van der Waals surface area (Å²) in [7, 11) is 2.20. The SMILES string of the molecule is Cc1cccc(C)c1N=C(N/N=C/C1=CC=C(C(N)=NC=Nc2ccc(OC(F)(F)F)cc2)C2CC12)SCCNCC1CCCN(C)C1. The zero-order valence-electron chi connectivity index (χ0n) is 27.5. The van der Waals surface area contributed by atoms with Gasteiger partial charge in [-0.15, -0.1) is 13.2 Å². The molecule has 3 atom stereocenters. The Hall–Kier alpha value is -3.94. The molecule has 1 heterocycles. The highest BCUT2D eigenvalue weighted by molar-refractivity contribution is 8.13. The van der Waals surface area contributed by atoms with Gasteiger partial charge in [0.2, 0.25) is 0 Å². The monoisotopic (exact) mass is 680 g/mol. The molecule has 3 unspecified atom stereocenters. The number of fused-ring (bicyclic) bond motifs is 1. The molecule has 0 spiro atoms. The molecule has 5 rings (SSSR count). The maximum atomic E-state index is 12.4. The topological polar surface area (TPSA) is 112 Å². The van der Waals surface area contributed by atoms with Crippen LogP contribution in [0.4, 0.5) is 24.5 Å². The highest BCUT2D eigenvalue weighted by atomic mass is 32.2. The van der Waals surface area contributed by atoms with E-state index in [0.29, 0.717) is 23.4 Å². The summed E-state index contributed by atoms with van der Waals surface area (Å²) in [5, 5.41) is 8.96. The summed E-state index contributed by atoms with van der Waals surface area (Å²) in [6.07, 6.45) is 5.88. The van der Waals surface area contributed by atoms with Gasteiger partial charge in [-0.25, -0.2) is 15.0 Å². The van der Waals surface area contributed by atoms with E-state index in [2.05, 4.69) is 68.5 Å². The van der Waals surface area contributed by atoms with Crippen LogP contribution in [0.3, 0.4) is 0 Å². The van der Waals surface area contributed by atoms with Crippen LogP contribution in [0.5, 0.6) is 5.75 Å². The summed E-state index contributed by atoms with van der Waals surface area (Å²) in [4.78, 5) is 15.8. The number of amidine groups is 2. The number of ether oxygens (including phenoxy) is 1. The minimum absolute atomic E-state index is 0.250. The van der Waals surface area contributed by atoms with Crippen LogP contribution < -0.4 is 21.2 Å². The van der Waals surface area contributed by atoms with Crippen LogP contribution in [0.15, 0.2) is 85.8 Å². The standard InChI is InChI=1S/C35H43F3N8OS/c1-23-6-4-7-24(2)32(23)44-34(48-17-15-40-19-25-8-5-16-46(3)21-25)45-43-20-26-9-14-29(31-18-30(26)31)33(39)42-22-41-27-10-12-28(13-11-27)47-35(36,37)38/h4,6-7,9-14,20,22,25,30-31,40H,5,8,15-19,21H2,1-3H3,(H,44,45)(H2,39,41,42)/b43-20+. The predicted octanol–water partition coefficient (Wildman–Crippen LogP) is 6.65. The molecule has 2 aliphatic carbocycles. The van der Waals surface area contributed by atoms with E-state index >= 15 is 0 Å². The summed E-state index contributed by atoms with van der Waals surface area (Å²) < 4.78 is 41.0. The zero-order valence-corrected chi connectivity index (χ0v) is 28.3. The van der Waals surface area contributed by atoms with E-state index in [-0.39, 0.29) is 11.7 Å². The van der Waals surface area contributed by atoms with Gasteiger partial charge in [0, 0.05) is 18.8 Å². The average molecular weight is 681 g/mol. The Bertz CT molecular complexity index is 1580. The minimum Gasteiger partial charge on any atom is -0.406 e. The number of nitrogens with one attached hydrogen (secondary N) is 2. The van der Waals surface area contributed by atoms with E-state index in [4.69, 9.17) is 10.7 Å². The number of thioether (sulfide) groups is 1. The molecule has 0 aromatic heterocycles. The van der Waals surface area contributed by atoms with E-state index in [0.717, 1.165) is 64.9 Å². The second-order valence-corrected chi connectivity index (χ2v) is 13.5. The zero-order chi connectivity index (χ0) is 34.1. The Balaban J connectivity index is 1.17. The molecule has 0 radical (unpaired) electrons. The van der Waals surface area contributed by atoms with Gasteiger partial charge in [0.05, 0.1) is 17.6 Å². The molecule has 48 heavy (non-hydrogen) atoms. The Morgan fingerprint density at radius 3 is 2.60 bits per heavy atom. The molecule has 1 saturated carbocycles. The van der Waals surface area contributed by atoms with E-state index in [9.17, 15) is 13.2 Å². The molecule has 1 aliphatic heterocycles. The lowest BCUT2D eigenvalue weighted by molar-refractivity contribution is -0.274. The first-order chi connectivity index (χ1) is 23.1. The van der Waals surface area contributed by atoms with E-state index in [1.807, 2.05) is 24.4 Å². The van der Waals surface area contributed by atoms with Crippen LogP contribution in [0.2, 0.25) is 0 Å². The second kappa shape index (κ2) is 16.4. The predicted molar refractivity (Wildman–Crippen MR) is 191 cm³/mol. The molecule has 1 saturated heterocycles. The summed E-state index contributed by atoms with van der Waals surface area (Å²) >= 11 is 1.66. The van der Waals surface area contributed by atoms with Crippen molar-refractivity contribution in [2.75, 3.05) is 39.0 Å². The molecular formula is C35H43F3N8OS. The molecule has 2 aromatic carbocycles. The van der Waals surface area contributed by atoms with Crippen molar-refractivity contribution in [3.8, 4) is 5.75 Å². The highest BCUT2D eigenvalue weighted by Gasteiger charge is 2.44. The average Bonchev–Trinajstić information content (AvgIpc) is 3.84. The van der Waals surface area contributed by atoms with Gasteiger partial charge < -0.3 is 20.7 Å². The number of benzene rings is 2. The smallest absolute Gasteiger partial charge is 0.406 e. The maximum absolute atomic E-state index is 12.4. The third-order valence-electron chi connectivity index (χ3n) is 8.54. The number of aliphatic imine (C=N–C) groups is 3. The number of hydrogen-bond acceptors (Lipinski definition) is 7. The van der Waals surface area contributed by atoms with Crippen molar-refractivity contribution in [3.63, 3.8) is 0 Å². The molecule has 2 fully saturated rings. The maximum Gasteiger partial charge on any atom is 0.573 e. The number of rotatable bonds is 12. The summed E-state index contributed by atoms with van der Waals surface area (Å²) in [5.41, 5.74) is 15.1. The molecule has 4 N–H and O–H groups in total. The molecule has 9 nitrogen and oxygen atoms in total. The van der Waals surface area contributed by atoms with E-state index in [1.165, 1.54) is 50.0 Å². The number of alkyl halides is 3. The minimum atomic E-state index is -4.74. The Morgan fingerprint density at radius 1 is 1.10 bits per heavy atom. The van der Waals surface area contributed by atoms with E-state index in [1.54, 1.807) is 11.8 Å². The lowest BCUT2D eigenvalue weighted by Gasteiger charge is -2.29. The Labute approximate surface area is 284 Å². The number of aryl methyl sites for hydroxylation is 2. The van der Waals surface area contributed by atoms with Gasteiger partial charge in [-0.3, -0.25) is 5.43 Å². The number of hydrogen-bond donors (Lipinski definition) is 3. The van der Waals surface area contributed by atoms with Gasteiger partial charge in [-0.05, 0) is 118 Å². The van der Waals surface area contributed by atoms with Gasteiger partial charge in [0.25, 0.3) is 0 Å². The highest BCUT2D eigenvalue weighted by Crippen LogP contribution is 2.50. The van der Waals surface area contributed by atoms with Crippen molar-refractivity contribution < 1.29 is 17.9 Å². The largest absolute Gasteiger partial charge is 0.573 e. The van der Waals surface area contributed by atoms with Crippen molar-refractivity contribution in [2.45, 2.75) is 39.5 Å². The van der Waals surface area contributed by atoms with Crippen LogP contribution in [0, 0.1) is 31.6 Å². The first-order valence-electron chi connectivity index (χ1n) is 16.2. The van der Waals surface area contributed by atoms with Crippen molar-refractivity contribution in [1.82, 2.24) is 15.6 Å². The summed E-state index contributed by atoms with van der Waals surface area (Å²) in [6.45, 7) is 8.41. The van der Waals surface area contributed by atoms with Crippen molar-refractivity contribution in [1.29, 1.82) is 0 Å². The van der Waals surface area contributed by atoms with Crippen molar-refractivity contribution >= 4 is 46.7 Å². The van der Waals surface area contributed by atoms with Crippen molar-refractivity contribution in [2.24, 2.45) is 43.6 Å². The van der Waals surface area contributed by atoms with Crippen LogP contribution >= 0.6 is 11.8 Å². The van der Waals surface area contributed by atoms with Crippen LogP contribution in [0.25, 0.3) is 0 Å². The normalized spacial score (nSPS) is 22.1. The van der Waals surface area contributed by atoms with Gasteiger partial charge in [-0.1, -0.05) is 42.1 Å².